The highest BCUT2D eigenvalue weighted by Crippen LogP contribution is 2.15. The molecule has 142 valence electrons. The van der Waals surface area contributed by atoms with Crippen molar-refractivity contribution in [2.75, 3.05) is 6.54 Å². The van der Waals surface area contributed by atoms with Crippen LogP contribution in [0.5, 0.6) is 0 Å². The van der Waals surface area contributed by atoms with Gasteiger partial charge in [-0.1, -0.05) is 0 Å². The van der Waals surface area contributed by atoms with Crippen molar-refractivity contribution in [3.63, 3.8) is 0 Å². The fraction of sp³-hybridized carbons (Fsp3) is 0.857. The van der Waals surface area contributed by atoms with Gasteiger partial charge < -0.3 is 14.6 Å². The third-order valence-corrected chi connectivity index (χ3v) is 3.33. The van der Waals surface area contributed by atoms with Gasteiger partial charge in [0, 0.05) is 6.54 Å². The third-order valence-electron chi connectivity index (χ3n) is 2.40. The number of hydrogen-bond acceptors (Lipinski definition) is 7. The molecule has 0 aliphatic carbocycles. The fourth-order valence-corrected chi connectivity index (χ4v) is 1.93. The van der Waals surface area contributed by atoms with Crippen LogP contribution in [0, 0.1) is 0 Å². The normalized spacial score (nSPS) is 14.0. The molecule has 0 aliphatic heterocycles. The Labute approximate surface area is 142 Å². The summed E-state index contributed by atoms with van der Waals surface area (Å²) < 4.78 is 40.5. The highest BCUT2D eigenvalue weighted by Gasteiger charge is 2.31. The van der Waals surface area contributed by atoms with Gasteiger partial charge in [0.1, 0.15) is 11.2 Å². The molecule has 0 saturated heterocycles. The lowest BCUT2D eigenvalue weighted by molar-refractivity contribution is 0.000867. The molecule has 0 spiro atoms. The molecule has 0 aliphatic rings. The molecule has 2 amide bonds. The summed E-state index contributed by atoms with van der Waals surface area (Å²) in [5.41, 5.74) is -3.67. The Morgan fingerprint density at radius 1 is 1.00 bits per heavy atom. The molecule has 1 unspecified atom stereocenters. The number of aliphatic hydroxyl groups excluding tert-OH is 1. The SMILES string of the molecule is CC(C)(C)OC(=O)N(CCCC(O)S(=O)(=O)O)C(=O)OC(C)(C)C. The topological polar surface area (TPSA) is 130 Å². The number of ether oxygens (including phenoxy) is 2. The first-order chi connectivity index (χ1) is 10.5. The minimum atomic E-state index is -4.59. The van der Waals surface area contributed by atoms with Crippen LogP contribution in [0.1, 0.15) is 54.4 Å². The Morgan fingerprint density at radius 2 is 1.38 bits per heavy atom. The number of carbonyl (C=O) groups excluding carboxylic acids is 2. The monoisotopic (exact) mass is 369 g/mol. The Bertz CT molecular complexity index is 516. The lowest BCUT2D eigenvalue weighted by Crippen LogP contribution is -2.44. The van der Waals surface area contributed by atoms with Crippen LogP contribution < -0.4 is 0 Å². The lowest BCUT2D eigenvalue weighted by Gasteiger charge is -2.28. The summed E-state index contributed by atoms with van der Waals surface area (Å²) in [5, 5.41) is 9.26. The molecule has 0 rings (SSSR count). The maximum atomic E-state index is 12.1. The van der Waals surface area contributed by atoms with Crippen molar-refractivity contribution in [2.24, 2.45) is 0 Å². The lowest BCUT2D eigenvalue weighted by atomic mass is 10.2. The molecule has 0 heterocycles. The smallest absolute Gasteiger partial charge is 0.419 e. The summed E-state index contributed by atoms with van der Waals surface area (Å²) in [6, 6.07) is 0. The standard InChI is InChI=1S/C14H27NO8S/c1-13(2,3)22-11(17)15(12(18)23-14(4,5)6)9-7-8-10(16)24(19,20)21/h10,16H,7-9H2,1-6H3,(H,19,20,21). The van der Waals surface area contributed by atoms with Gasteiger partial charge in [-0.3, -0.25) is 4.55 Å². The summed E-state index contributed by atoms with van der Waals surface area (Å²) in [6.45, 7) is 9.51. The molecule has 0 aromatic rings. The molecular weight excluding hydrogens is 342 g/mol. The van der Waals surface area contributed by atoms with Crippen molar-refractivity contribution < 1.29 is 37.1 Å². The van der Waals surface area contributed by atoms with Gasteiger partial charge in [0.2, 0.25) is 0 Å². The molecule has 0 saturated carbocycles. The second kappa shape index (κ2) is 8.13. The number of rotatable bonds is 5. The van der Waals surface area contributed by atoms with E-state index in [1.165, 1.54) is 0 Å². The largest absolute Gasteiger partial charge is 0.443 e. The Morgan fingerprint density at radius 3 is 1.67 bits per heavy atom. The summed E-state index contributed by atoms with van der Waals surface area (Å²) in [6.07, 6.45) is -2.32. The van der Waals surface area contributed by atoms with Gasteiger partial charge >= 0.3 is 12.2 Å². The van der Waals surface area contributed by atoms with Gasteiger partial charge in [0.15, 0.2) is 5.44 Å². The van der Waals surface area contributed by atoms with Crippen molar-refractivity contribution in [3.05, 3.63) is 0 Å². The van der Waals surface area contributed by atoms with E-state index in [0.717, 1.165) is 0 Å². The van der Waals surface area contributed by atoms with Gasteiger partial charge in [-0.25, -0.2) is 14.5 Å². The van der Waals surface area contributed by atoms with Crippen molar-refractivity contribution in [1.29, 1.82) is 0 Å². The van der Waals surface area contributed by atoms with E-state index in [9.17, 15) is 23.1 Å². The minimum Gasteiger partial charge on any atom is -0.443 e. The highest BCUT2D eigenvalue weighted by molar-refractivity contribution is 7.86. The molecule has 0 fully saturated rings. The number of hydrogen-bond donors (Lipinski definition) is 2. The van der Waals surface area contributed by atoms with Crippen molar-refractivity contribution in [1.82, 2.24) is 4.90 Å². The van der Waals surface area contributed by atoms with Crippen molar-refractivity contribution in [2.45, 2.75) is 71.0 Å². The molecule has 0 bridgehead atoms. The summed E-state index contributed by atoms with van der Waals surface area (Å²) in [7, 11) is -4.59. The van der Waals surface area contributed by atoms with Crippen LogP contribution in [-0.4, -0.2) is 58.3 Å². The first kappa shape index (κ1) is 22.6. The van der Waals surface area contributed by atoms with Crippen molar-refractivity contribution >= 4 is 22.3 Å². The van der Waals surface area contributed by atoms with Crippen LogP contribution >= 0.6 is 0 Å². The van der Waals surface area contributed by atoms with Crippen LogP contribution in [0.4, 0.5) is 9.59 Å². The molecule has 2 N–H and O–H groups in total. The van der Waals surface area contributed by atoms with E-state index in [2.05, 4.69) is 0 Å². The van der Waals surface area contributed by atoms with Crippen LogP contribution in [0.2, 0.25) is 0 Å². The summed E-state index contributed by atoms with van der Waals surface area (Å²) >= 11 is 0. The quantitative estimate of drug-likeness (QED) is 0.705. The first-order valence-corrected chi connectivity index (χ1v) is 8.91. The summed E-state index contributed by atoms with van der Waals surface area (Å²) in [4.78, 5) is 25.0. The molecule has 0 aromatic heterocycles. The zero-order valence-corrected chi connectivity index (χ0v) is 15.7. The number of nitrogens with zero attached hydrogens (tertiary/aromatic N) is 1. The van der Waals surface area contributed by atoms with Gasteiger partial charge in [-0.15, -0.1) is 0 Å². The van der Waals surface area contributed by atoms with Crippen LogP contribution in [-0.2, 0) is 19.6 Å². The predicted octanol–water partition coefficient (Wildman–Crippen LogP) is 2.15. The first-order valence-electron chi connectivity index (χ1n) is 7.41. The summed E-state index contributed by atoms with van der Waals surface area (Å²) in [5.74, 6) is 0. The predicted molar refractivity (Wildman–Crippen MR) is 86.0 cm³/mol. The van der Waals surface area contributed by atoms with Gasteiger partial charge in [-0.2, -0.15) is 8.42 Å². The average molecular weight is 369 g/mol. The number of amides is 2. The molecule has 1 atom stereocenters. The minimum absolute atomic E-state index is 0.0700. The van der Waals surface area contributed by atoms with Crippen molar-refractivity contribution in [3.8, 4) is 0 Å². The van der Waals surface area contributed by atoms with E-state index < -0.39 is 38.9 Å². The Balaban J connectivity index is 5.00. The second-order valence-electron chi connectivity index (χ2n) is 7.22. The second-order valence-corrected chi connectivity index (χ2v) is 8.80. The molecule has 0 radical (unpaired) electrons. The van der Waals surface area contributed by atoms with E-state index in [0.29, 0.717) is 4.90 Å². The van der Waals surface area contributed by atoms with Crippen LogP contribution in [0.25, 0.3) is 0 Å². The average Bonchev–Trinajstić information content (AvgIpc) is 2.27. The van der Waals surface area contributed by atoms with Gasteiger partial charge in [-0.05, 0) is 54.4 Å². The highest BCUT2D eigenvalue weighted by atomic mass is 32.2. The molecule has 24 heavy (non-hydrogen) atoms. The molecule has 0 aromatic carbocycles. The molecule has 10 heteroatoms. The Hall–Kier alpha value is -1.39. The van der Waals surface area contributed by atoms with E-state index in [1.54, 1.807) is 41.5 Å². The van der Waals surface area contributed by atoms with E-state index in [1.807, 2.05) is 0 Å². The number of aliphatic hydroxyl groups is 1. The number of imide groups is 1. The van der Waals surface area contributed by atoms with Gasteiger partial charge in [0.05, 0.1) is 0 Å². The van der Waals surface area contributed by atoms with E-state index in [-0.39, 0.29) is 19.4 Å². The van der Waals surface area contributed by atoms with Gasteiger partial charge in [0.25, 0.3) is 10.1 Å². The number of carbonyl (C=O) groups is 2. The van der Waals surface area contributed by atoms with E-state index in [4.69, 9.17) is 14.0 Å². The maximum Gasteiger partial charge on any atom is 0.419 e. The van der Waals surface area contributed by atoms with Crippen LogP contribution in [0.3, 0.4) is 0 Å². The fourth-order valence-electron chi connectivity index (χ4n) is 1.46. The molecular formula is C14H27NO8S. The zero-order chi connectivity index (χ0) is 19.3. The molecule has 9 nitrogen and oxygen atoms in total. The zero-order valence-electron chi connectivity index (χ0n) is 14.9. The Kier molecular flexibility index (Phi) is 7.66. The van der Waals surface area contributed by atoms with Crippen LogP contribution in [0.15, 0.2) is 0 Å². The van der Waals surface area contributed by atoms with E-state index >= 15 is 0 Å². The third kappa shape index (κ3) is 9.68. The maximum absolute atomic E-state index is 12.1.